The molecule has 8 heteroatoms. The summed E-state index contributed by atoms with van der Waals surface area (Å²) in [5.41, 5.74) is 3.00. The molecule has 0 bridgehead atoms. The van der Waals surface area contributed by atoms with E-state index in [1.54, 1.807) is 4.52 Å². The Balaban J connectivity index is 0.00000208. The first-order chi connectivity index (χ1) is 11.1. The van der Waals surface area contributed by atoms with Gasteiger partial charge < -0.3 is 10.6 Å². The van der Waals surface area contributed by atoms with E-state index >= 15 is 0 Å². The van der Waals surface area contributed by atoms with Crippen LogP contribution in [0, 0.1) is 19.8 Å². The lowest BCUT2D eigenvalue weighted by molar-refractivity contribution is -0.122. The summed E-state index contributed by atoms with van der Waals surface area (Å²) in [6.07, 6.45) is 3.74. The molecule has 7 nitrogen and oxygen atoms in total. The minimum absolute atomic E-state index is 0. The minimum atomic E-state index is 0. The Labute approximate surface area is 148 Å². The lowest BCUT2D eigenvalue weighted by Crippen LogP contribution is -2.50. The van der Waals surface area contributed by atoms with Crippen LogP contribution in [0.4, 0.5) is 0 Å². The van der Waals surface area contributed by atoms with Crippen LogP contribution in [0.3, 0.4) is 0 Å². The smallest absolute Gasteiger partial charge is 0.252 e. The second kappa shape index (κ2) is 7.90. The molecule has 0 aliphatic carbocycles. The van der Waals surface area contributed by atoms with E-state index in [4.69, 9.17) is 0 Å². The molecule has 132 valence electrons. The van der Waals surface area contributed by atoms with E-state index < -0.39 is 0 Å². The number of carbonyl (C=O) groups excluding carboxylic acids is 1. The molecule has 1 fully saturated rings. The lowest BCUT2D eigenvalue weighted by atomic mass is 9.94. The highest BCUT2D eigenvalue weighted by molar-refractivity contribution is 5.85. The third kappa shape index (κ3) is 3.84. The Morgan fingerprint density at radius 3 is 3.00 bits per heavy atom. The fourth-order valence-electron chi connectivity index (χ4n) is 3.22. The largest absolute Gasteiger partial charge is 0.352 e. The molecule has 2 atom stereocenters. The molecular weight excluding hydrogens is 328 g/mol. The molecule has 2 aromatic rings. The van der Waals surface area contributed by atoms with Gasteiger partial charge in [-0.3, -0.25) is 4.79 Å². The number of piperidine rings is 1. The minimum Gasteiger partial charge on any atom is -0.352 e. The van der Waals surface area contributed by atoms with Crippen molar-refractivity contribution < 1.29 is 4.79 Å². The normalized spacial score (nSPS) is 20.6. The van der Waals surface area contributed by atoms with Crippen molar-refractivity contribution in [1.29, 1.82) is 0 Å². The quantitative estimate of drug-likeness (QED) is 0.864. The number of fused-ring (bicyclic) bond motifs is 1. The van der Waals surface area contributed by atoms with Gasteiger partial charge >= 0.3 is 0 Å². The average molecular weight is 353 g/mol. The second-order valence-electron chi connectivity index (χ2n) is 6.38. The maximum absolute atomic E-state index is 12.3. The monoisotopic (exact) mass is 352 g/mol. The molecule has 1 amide bonds. The Bertz CT molecular complexity index is 716. The number of nitrogens with one attached hydrogen (secondary N) is 2. The average Bonchev–Trinajstić information content (AvgIpc) is 2.98. The van der Waals surface area contributed by atoms with E-state index in [-0.39, 0.29) is 24.4 Å². The first-order valence-corrected chi connectivity index (χ1v) is 8.22. The molecule has 0 radical (unpaired) electrons. The summed E-state index contributed by atoms with van der Waals surface area (Å²) in [6, 6.07) is 0.231. The van der Waals surface area contributed by atoms with Crippen molar-refractivity contribution in [3.05, 3.63) is 23.3 Å². The van der Waals surface area contributed by atoms with Crippen LogP contribution in [0.15, 0.2) is 6.33 Å². The summed E-state index contributed by atoms with van der Waals surface area (Å²) in [5.74, 6) is 1.23. The maximum Gasteiger partial charge on any atom is 0.252 e. The van der Waals surface area contributed by atoms with Crippen molar-refractivity contribution >= 4 is 24.1 Å². The third-order valence-corrected chi connectivity index (χ3v) is 4.76. The molecule has 1 aliphatic rings. The van der Waals surface area contributed by atoms with Crippen LogP contribution in [0.1, 0.15) is 36.7 Å². The zero-order chi connectivity index (χ0) is 16.4. The van der Waals surface area contributed by atoms with E-state index in [9.17, 15) is 4.79 Å². The fourth-order valence-corrected chi connectivity index (χ4v) is 3.22. The van der Waals surface area contributed by atoms with Crippen molar-refractivity contribution in [1.82, 2.24) is 30.2 Å². The highest BCUT2D eigenvalue weighted by Crippen LogP contribution is 2.16. The first-order valence-electron chi connectivity index (χ1n) is 8.22. The van der Waals surface area contributed by atoms with Gasteiger partial charge in [0, 0.05) is 30.4 Å². The number of rotatable bonds is 4. The molecule has 2 unspecified atom stereocenters. The Hall–Kier alpha value is -1.73. The molecule has 3 rings (SSSR count). The zero-order valence-corrected chi connectivity index (χ0v) is 15.2. The van der Waals surface area contributed by atoms with Crippen LogP contribution in [0.2, 0.25) is 0 Å². The molecular formula is C16H25ClN6O. The molecule has 2 N–H and O–H groups in total. The number of halogens is 1. The fraction of sp³-hybridized carbons (Fsp3) is 0.625. The van der Waals surface area contributed by atoms with E-state index in [0.717, 1.165) is 36.5 Å². The van der Waals surface area contributed by atoms with Crippen LogP contribution >= 0.6 is 12.4 Å². The van der Waals surface area contributed by atoms with Crippen LogP contribution < -0.4 is 10.6 Å². The molecule has 0 aromatic carbocycles. The van der Waals surface area contributed by atoms with Gasteiger partial charge in [-0.15, -0.1) is 12.4 Å². The number of aryl methyl sites for hydroxylation is 2. The topological polar surface area (TPSA) is 84.2 Å². The van der Waals surface area contributed by atoms with E-state index in [1.807, 2.05) is 13.8 Å². The zero-order valence-electron chi connectivity index (χ0n) is 14.4. The van der Waals surface area contributed by atoms with Crippen molar-refractivity contribution in [2.75, 3.05) is 13.1 Å². The van der Waals surface area contributed by atoms with Gasteiger partial charge in [0.2, 0.25) is 5.91 Å². The van der Waals surface area contributed by atoms with Crippen LogP contribution in [-0.4, -0.2) is 44.6 Å². The molecule has 1 saturated heterocycles. The number of nitrogens with zero attached hydrogens (tertiary/aromatic N) is 4. The van der Waals surface area contributed by atoms with Crippen molar-refractivity contribution in [2.45, 2.75) is 46.1 Å². The van der Waals surface area contributed by atoms with Gasteiger partial charge in [-0.1, -0.05) is 6.92 Å². The number of aromatic nitrogens is 4. The Morgan fingerprint density at radius 2 is 2.25 bits per heavy atom. The first kappa shape index (κ1) is 18.6. The maximum atomic E-state index is 12.3. The summed E-state index contributed by atoms with van der Waals surface area (Å²) in [6.45, 7) is 8.05. The van der Waals surface area contributed by atoms with E-state index in [2.05, 4.69) is 32.6 Å². The van der Waals surface area contributed by atoms with Gasteiger partial charge in [-0.25, -0.2) is 9.50 Å². The molecule has 0 saturated carbocycles. The highest BCUT2D eigenvalue weighted by atomic mass is 35.5. The summed E-state index contributed by atoms with van der Waals surface area (Å²) in [7, 11) is 0. The molecule has 24 heavy (non-hydrogen) atoms. The van der Waals surface area contributed by atoms with Crippen LogP contribution in [0.5, 0.6) is 0 Å². The van der Waals surface area contributed by atoms with E-state index in [1.165, 1.54) is 6.33 Å². The van der Waals surface area contributed by atoms with Gasteiger partial charge in [0.1, 0.15) is 6.33 Å². The summed E-state index contributed by atoms with van der Waals surface area (Å²) >= 11 is 0. The SMILES string of the molecule is Cc1nc2ncnn2c(C)c1CCC(=O)NC1CNCCC1C.Cl. The molecule has 0 spiro atoms. The Kier molecular flexibility index (Phi) is 6.12. The Morgan fingerprint density at radius 1 is 1.46 bits per heavy atom. The summed E-state index contributed by atoms with van der Waals surface area (Å²) in [5, 5.41) is 10.7. The summed E-state index contributed by atoms with van der Waals surface area (Å²) < 4.78 is 1.73. The number of hydrogen-bond acceptors (Lipinski definition) is 5. The number of carbonyl (C=O) groups is 1. The van der Waals surface area contributed by atoms with Gasteiger partial charge in [0.15, 0.2) is 0 Å². The lowest BCUT2D eigenvalue weighted by Gasteiger charge is -2.30. The second-order valence-corrected chi connectivity index (χ2v) is 6.38. The van der Waals surface area contributed by atoms with Crippen molar-refractivity contribution in [2.24, 2.45) is 5.92 Å². The van der Waals surface area contributed by atoms with Crippen LogP contribution in [-0.2, 0) is 11.2 Å². The van der Waals surface area contributed by atoms with Gasteiger partial charge in [-0.05, 0) is 44.7 Å². The summed E-state index contributed by atoms with van der Waals surface area (Å²) in [4.78, 5) is 20.8. The van der Waals surface area contributed by atoms with Gasteiger partial charge in [0.25, 0.3) is 5.78 Å². The van der Waals surface area contributed by atoms with Crippen LogP contribution in [0.25, 0.3) is 5.78 Å². The number of amides is 1. The van der Waals surface area contributed by atoms with Gasteiger partial charge in [0.05, 0.1) is 0 Å². The molecule has 3 heterocycles. The van der Waals surface area contributed by atoms with Gasteiger partial charge in [-0.2, -0.15) is 10.1 Å². The standard InChI is InChI=1S/C16H24N6O.ClH/c1-10-6-7-17-8-14(10)21-15(23)5-4-13-11(2)20-16-18-9-19-22(16)12(13)3;/h9-10,14,17H,4-8H2,1-3H3,(H,21,23);1H. The van der Waals surface area contributed by atoms with Crippen molar-refractivity contribution in [3.63, 3.8) is 0 Å². The predicted molar refractivity (Wildman–Crippen MR) is 94.4 cm³/mol. The molecule has 2 aromatic heterocycles. The predicted octanol–water partition coefficient (Wildman–Crippen LogP) is 1.21. The molecule has 1 aliphatic heterocycles. The highest BCUT2D eigenvalue weighted by Gasteiger charge is 2.22. The van der Waals surface area contributed by atoms with E-state index in [0.29, 0.717) is 24.5 Å². The number of hydrogen-bond donors (Lipinski definition) is 2. The third-order valence-electron chi connectivity index (χ3n) is 4.76. The van der Waals surface area contributed by atoms with Crippen molar-refractivity contribution in [3.8, 4) is 0 Å².